The van der Waals surface area contributed by atoms with E-state index in [9.17, 15) is 14.7 Å². The number of rotatable bonds is 6. The summed E-state index contributed by atoms with van der Waals surface area (Å²) in [5, 5.41) is 12.1. The maximum atomic E-state index is 12.2. The van der Waals surface area contributed by atoms with Crippen LogP contribution in [0, 0.1) is 5.41 Å². The molecule has 20 heavy (non-hydrogen) atoms. The average molecular weight is 276 g/mol. The average Bonchev–Trinajstić information content (AvgIpc) is 2.39. The summed E-state index contributed by atoms with van der Waals surface area (Å²) in [5.41, 5.74) is 5.89. The van der Waals surface area contributed by atoms with Gasteiger partial charge in [-0.2, -0.15) is 0 Å². The van der Waals surface area contributed by atoms with Crippen LogP contribution in [0.5, 0.6) is 0 Å². The fourth-order valence-electron chi connectivity index (χ4n) is 2.54. The van der Waals surface area contributed by atoms with Crippen molar-refractivity contribution in [1.29, 1.82) is 0 Å². The van der Waals surface area contributed by atoms with Gasteiger partial charge in [0.2, 0.25) is 5.91 Å². The van der Waals surface area contributed by atoms with Crippen LogP contribution >= 0.6 is 0 Å². The number of carbonyl (C=O) groups excluding carboxylic acids is 1. The lowest BCUT2D eigenvalue weighted by molar-refractivity contribution is -0.139. The number of benzene rings is 1. The van der Waals surface area contributed by atoms with Gasteiger partial charge in [-0.3, -0.25) is 9.59 Å². The minimum atomic E-state index is -0.938. The summed E-state index contributed by atoms with van der Waals surface area (Å²) in [4.78, 5) is 23.5. The van der Waals surface area contributed by atoms with Crippen LogP contribution in [-0.2, 0) is 9.59 Å². The molecule has 4 N–H and O–H groups in total. The molecule has 1 amide bonds. The van der Waals surface area contributed by atoms with Gasteiger partial charge in [-0.15, -0.1) is 0 Å². The molecule has 0 bridgehead atoms. The van der Waals surface area contributed by atoms with E-state index in [0.717, 1.165) is 19.3 Å². The van der Waals surface area contributed by atoms with Crippen LogP contribution in [0.2, 0.25) is 0 Å². The van der Waals surface area contributed by atoms with E-state index in [1.165, 1.54) is 0 Å². The highest BCUT2D eigenvalue weighted by atomic mass is 16.4. The Balaban J connectivity index is 2.00. The van der Waals surface area contributed by atoms with Crippen LogP contribution in [0.4, 0.5) is 0 Å². The molecule has 1 aromatic rings. The molecule has 1 saturated carbocycles. The maximum Gasteiger partial charge on any atom is 0.312 e. The molecule has 0 aliphatic heterocycles. The zero-order valence-corrected chi connectivity index (χ0v) is 11.3. The molecular formula is C15H20N2O3. The summed E-state index contributed by atoms with van der Waals surface area (Å²) < 4.78 is 0. The van der Waals surface area contributed by atoms with Crippen molar-refractivity contribution in [2.75, 3.05) is 13.1 Å². The van der Waals surface area contributed by atoms with E-state index in [1.54, 1.807) is 24.3 Å². The molecule has 1 unspecified atom stereocenters. The molecule has 108 valence electrons. The van der Waals surface area contributed by atoms with Crippen molar-refractivity contribution in [1.82, 2.24) is 5.32 Å². The Morgan fingerprint density at radius 3 is 2.40 bits per heavy atom. The number of nitrogens with one attached hydrogen (secondary N) is 1. The van der Waals surface area contributed by atoms with E-state index in [1.807, 2.05) is 6.07 Å². The van der Waals surface area contributed by atoms with Crippen LogP contribution in [0.25, 0.3) is 0 Å². The van der Waals surface area contributed by atoms with Crippen molar-refractivity contribution in [3.05, 3.63) is 35.9 Å². The van der Waals surface area contributed by atoms with Gasteiger partial charge < -0.3 is 16.2 Å². The van der Waals surface area contributed by atoms with Gasteiger partial charge in [-0.25, -0.2) is 0 Å². The first-order chi connectivity index (χ1) is 9.59. The number of carbonyl (C=O) groups is 2. The molecule has 0 saturated heterocycles. The Kier molecular flexibility index (Phi) is 4.39. The number of hydrogen-bond acceptors (Lipinski definition) is 3. The zero-order valence-electron chi connectivity index (χ0n) is 11.3. The van der Waals surface area contributed by atoms with E-state index in [0.29, 0.717) is 12.1 Å². The molecule has 1 fully saturated rings. The van der Waals surface area contributed by atoms with E-state index in [2.05, 4.69) is 5.32 Å². The highest BCUT2D eigenvalue weighted by Gasteiger charge is 2.42. The Labute approximate surface area is 118 Å². The van der Waals surface area contributed by atoms with Crippen molar-refractivity contribution in [3.8, 4) is 0 Å². The van der Waals surface area contributed by atoms with Gasteiger partial charge in [0.1, 0.15) is 0 Å². The lowest BCUT2D eigenvalue weighted by atomic mass is 9.68. The van der Waals surface area contributed by atoms with Crippen molar-refractivity contribution < 1.29 is 14.7 Å². The molecule has 1 aliphatic rings. The Morgan fingerprint density at radius 1 is 1.30 bits per heavy atom. The predicted molar refractivity (Wildman–Crippen MR) is 75.2 cm³/mol. The number of hydrogen-bond donors (Lipinski definition) is 3. The van der Waals surface area contributed by atoms with Crippen LogP contribution in [0.3, 0.4) is 0 Å². The summed E-state index contributed by atoms with van der Waals surface area (Å²) in [6.07, 6.45) is 2.59. The SMILES string of the molecule is NCC1(C(=O)NCC(C(=O)O)c2ccccc2)CCC1. The van der Waals surface area contributed by atoms with E-state index < -0.39 is 17.3 Å². The van der Waals surface area contributed by atoms with Crippen LogP contribution in [0.1, 0.15) is 30.7 Å². The highest BCUT2D eigenvalue weighted by Crippen LogP contribution is 2.40. The molecule has 0 heterocycles. The zero-order chi connectivity index (χ0) is 14.6. The first-order valence-corrected chi connectivity index (χ1v) is 6.85. The standard InChI is InChI=1S/C15H20N2O3/c16-10-15(7-4-8-15)14(20)17-9-12(13(18)19)11-5-2-1-3-6-11/h1-3,5-6,12H,4,7-10,16H2,(H,17,20)(H,18,19). The fourth-order valence-corrected chi connectivity index (χ4v) is 2.54. The fraction of sp³-hybridized carbons (Fsp3) is 0.467. The topological polar surface area (TPSA) is 92.4 Å². The van der Waals surface area contributed by atoms with E-state index in [-0.39, 0.29) is 12.5 Å². The van der Waals surface area contributed by atoms with Gasteiger partial charge in [0.25, 0.3) is 0 Å². The van der Waals surface area contributed by atoms with Crippen LogP contribution in [-0.4, -0.2) is 30.1 Å². The number of amides is 1. The largest absolute Gasteiger partial charge is 0.481 e. The Morgan fingerprint density at radius 2 is 1.95 bits per heavy atom. The summed E-state index contributed by atoms with van der Waals surface area (Å²) >= 11 is 0. The van der Waals surface area contributed by atoms with E-state index in [4.69, 9.17) is 5.73 Å². The minimum absolute atomic E-state index is 0.0972. The minimum Gasteiger partial charge on any atom is -0.481 e. The summed E-state index contributed by atoms with van der Waals surface area (Å²) in [5.74, 6) is -1.78. The van der Waals surface area contributed by atoms with Gasteiger partial charge >= 0.3 is 5.97 Å². The normalized spacial score (nSPS) is 17.9. The molecule has 0 radical (unpaired) electrons. The number of carboxylic acid groups (broad SMARTS) is 1. The number of nitrogens with two attached hydrogens (primary N) is 1. The first-order valence-electron chi connectivity index (χ1n) is 6.85. The number of aliphatic carboxylic acids is 1. The molecule has 2 rings (SSSR count). The third-order valence-corrected chi connectivity index (χ3v) is 4.15. The van der Waals surface area contributed by atoms with Crippen molar-refractivity contribution in [3.63, 3.8) is 0 Å². The van der Waals surface area contributed by atoms with Crippen molar-refractivity contribution in [2.24, 2.45) is 11.1 Å². The molecule has 1 aromatic carbocycles. The monoisotopic (exact) mass is 276 g/mol. The maximum absolute atomic E-state index is 12.2. The summed E-state index contributed by atoms with van der Waals surface area (Å²) in [6.45, 7) is 0.418. The molecule has 1 atom stereocenters. The second-order valence-electron chi connectivity index (χ2n) is 5.35. The third kappa shape index (κ3) is 2.82. The molecular weight excluding hydrogens is 256 g/mol. The van der Waals surface area contributed by atoms with Crippen molar-refractivity contribution >= 4 is 11.9 Å². The van der Waals surface area contributed by atoms with Gasteiger partial charge in [0.05, 0.1) is 11.3 Å². The van der Waals surface area contributed by atoms with Crippen LogP contribution < -0.4 is 11.1 Å². The molecule has 0 aromatic heterocycles. The molecule has 5 heteroatoms. The second-order valence-corrected chi connectivity index (χ2v) is 5.35. The quantitative estimate of drug-likeness (QED) is 0.725. The molecule has 1 aliphatic carbocycles. The lowest BCUT2D eigenvalue weighted by Gasteiger charge is -2.39. The van der Waals surface area contributed by atoms with Crippen LogP contribution in [0.15, 0.2) is 30.3 Å². The summed E-state index contributed by atoms with van der Waals surface area (Å²) in [7, 11) is 0. The predicted octanol–water partition coefficient (Wildman–Crippen LogP) is 1.10. The Bertz CT molecular complexity index is 478. The Hall–Kier alpha value is -1.88. The first kappa shape index (κ1) is 14.5. The highest BCUT2D eigenvalue weighted by molar-refractivity contribution is 5.85. The molecule has 0 spiro atoms. The molecule has 5 nitrogen and oxygen atoms in total. The number of carboxylic acids is 1. The van der Waals surface area contributed by atoms with Crippen molar-refractivity contribution in [2.45, 2.75) is 25.2 Å². The lowest BCUT2D eigenvalue weighted by Crippen LogP contribution is -2.51. The summed E-state index contributed by atoms with van der Waals surface area (Å²) in [6, 6.07) is 8.93. The van der Waals surface area contributed by atoms with Gasteiger partial charge in [0, 0.05) is 13.1 Å². The second kappa shape index (κ2) is 6.05. The van der Waals surface area contributed by atoms with Gasteiger partial charge in [-0.1, -0.05) is 36.8 Å². The third-order valence-electron chi connectivity index (χ3n) is 4.15. The smallest absolute Gasteiger partial charge is 0.312 e. The van der Waals surface area contributed by atoms with E-state index >= 15 is 0 Å². The van der Waals surface area contributed by atoms with Gasteiger partial charge in [-0.05, 0) is 18.4 Å². The van der Waals surface area contributed by atoms with Gasteiger partial charge in [0.15, 0.2) is 0 Å².